The van der Waals surface area contributed by atoms with Gasteiger partial charge in [-0.1, -0.05) is 18.7 Å². The minimum absolute atomic E-state index is 0.0876. The lowest BCUT2D eigenvalue weighted by Crippen LogP contribution is -2.61. The van der Waals surface area contributed by atoms with Gasteiger partial charge in [-0.15, -0.1) is 0 Å². The predicted octanol–water partition coefficient (Wildman–Crippen LogP) is 5.11. The Morgan fingerprint density at radius 3 is 2.41 bits per heavy atom. The van der Waals surface area contributed by atoms with Gasteiger partial charge in [-0.25, -0.2) is 0 Å². The largest absolute Gasteiger partial charge is 0.469 e. The second-order valence-electron chi connectivity index (χ2n) is 18.3. The molecule has 56 heavy (non-hydrogen) atoms. The lowest BCUT2D eigenvalue weighted by Gasteiger charge is -2.51. The molecule has 0 aromatic rings. The normalized spacial score (nSPS) is 45.5. The number of allylic oxidation sites excluding steroid dienone is 1. The fourth-order valence-corrected chi connectivity index (χ4v) is 10.6. The number of aliphatic hydroxyl groups is 2. The van der Waals surface area contributed by atoms with Gasteiger partial charge in [0.05, 0.1) is 93.4 Å². The highest BCUT2D eigenvalue weighted by atomic mass is 16.7. The van der Waals surface area contributed by atoms with Crippen molar-refractivity contribution in [3.63, 3.8) is 0 Å². The highest BCUT2D eigenvalue weighted by Gasteiger charge is 2.59. The molecule has 0 radical (unpaired) electrons. The van der Waals surface area contributed by atoms with Crippen molar-refractivity contribution < 1.29 is 62.4 Å². The molecule has 16 atom stereocenters. The standard InChI is InChI=1S/C43H66O13/c1-24(9-6-7-16-43-22-29(45)40(56-43)36-21-37(55-43)41-30(51-36)15-14-27(50-41)17-39(46)47-5)10-8-11-26-13-12-25(2)31(49-26)19-32-28(44)18-33-34(52-32)20-35-38(53-33)23-48-42(3,4)54-35/h26-38,40-41,44-45H,1-2,6-23H2,3-5H3/t26?,27?,28?,29?,30?,31?,32-,33?,34?,35?,36?,37+,38?,40?,41?,43?/m0/s1. The van der Waals surface area contributed by atoms with Crippen molar-refractivity contribution in [1.82, 2.24) is 0 Å². The summed E-state index contributed by atoms with van der Waals surface area (Å²) in [5, 5.41) is 22.1. The summed E-state index contributed by atoms with van der Waals surface area (Å²) in [6.07, 6.45) is 9.13. The van der Waals surface area contributed by atoms with E-state index in [1.807, 2.05) is 13.8 Å². The van der Waals surface area contributed by atoms with Gasteiger partial charge in [0.1, 0.15) is 18.3 Å². The quantitative estimate of drug-likeness (QED) is 0.145. The third-order valence-electron chi connectivity index (χ3n) is 13.6. The molecule has 8 aliphatic rings. The van der Waals surface area contributed by atoms with Crippen molar-refractivity contribution in [2.45, 2.75) is 226 Å². The van der Waals surface area contributed by atoms with Crippen LogP contribution in [0.4, 0.5) is 0 Å². The number of esters is 1. The van der Waals surface area contributed by atoms with Crippen LogP contribution in [0.15, 0.2) is 24.3 Å². The summed E-state index contributed by atoms with van der Waals surface area (Å²) in [5.41, 5.74) is 2.30. The van der Waals surface area contributed by atoms with Gasteiger partial charge in [0.15, 0.2) is 11.6 Å². The van der Waals surface area contributed by atoms with E-state index in [2.05, 4.69) is 13.2 Å². The first-order chi connectivity index (χ1) is 26.9. The van der Waals surface area contributed by atoms with Gasteiger partial charge in [-0.3, -0.25) is 4.79 Å². The molecular weight excluding hydrogens is 724 g/mol. The highest BCUT2D eigenvalue weighted by Crippen LogP contribution is 2.48. The van der Waals surface area contributed by atoms with Crippen LogP contribution in [0, 0.1) is 0 Å². The molecular formula is C43H66O13. The minimum Gasteiger partial charge on any atom is -0.469 e. The van der Waals surface area contributed by atoms with Crippen LogP contribution in [0.1, 0.15) is 123 Å². The first-order valence-corrected chi connectivity index (χ1v) is 21.6. The van der Waals surface area contributed by atoms with Crippen molar-refractivity contribution in [2.75, 3.05) is 13.7 Å². The maximum Gasteiger partial charge on any atom is 0.308 e. The molecule has 0 aromatic carbocycles. The zero-order chi connectivity index (χ0) is 39.2. The van der Waals surface area contributed by atoms with Gasteiger partial charge >= 0.3 is 5.97 Å². The number of aliphatic hydroxyl groups excluding tert-OH is 2. The molecule has 8 saturated heterocycles. The van der Waals surface area contributed by atoms with Crippen LogP contribution in [0.2, 0.25) is 0 Å². The molecule has 8 aliphatic heterocycles. The van der Waals surface area contributed by atoms with Gasteiger partial charge < -0.3 is 57.6 Å². The molecule has 316 valence electrons. The smallest absolute Gasteiger partial charge is 0.308 e. The summed E-state index contributed by atoms with van der Waals surface area (Å²) in [6.45, 7) is 13.1. The Morgan fingerprint density at radius 2 is 1.57 bits per heavy atom. The number of hydrogen-bond donors (Lipinski definition) is 2. The van der Waals surface area contributed by atoms with E-state index in [0.717, 1.165) is 69.8 Å². The number of hydrogen-bond acceptors (Lipinski definition) is 13. The van der Waals surface area contributed by atoms with E-state index < -0.39 is 29.9 Å². The summed E-state index contributed by atoms with van der Waals surface area (Å²) in [5.74, 6) is -1.79. The predicted molar refractivity (Wildman–Crippen MR) is 201 cm³/mol. The van der Waals surface area contributed by atoms with Crippen molar-refractivity contribution in [1.29, 1.82) is 0 Å². The van der Waals surface area contributed by atoms with Crippen LogP contribution >= 0.6 is 0 Å². The third kappa shape index (κ3) is 9.28. The molecule has 8 rings (SSSR count). The van der Waals surface area contributed by atoms with Gasteiger partial charge in [-0.2, -0.15) is 0 Å². The molecule has 14 unspecified atom stereocenters. The number of carbonyl (C=O) groups is 1. The van der Waals surface area contributed by atoms with Crippen LogP contribution in [0.25, 0.3) is 0 Å². The van der Waals surface area contributed by atoms with Gasteiger partial charge in [-0.05, 0) is 83.6 Å². The molecule has 13 heteroatoms. The number of methoxy groups -OCH3 is 1. The first-order valence-electron chi connectivity index (χ1n) is 21.6. The number of fused-ring (bicyclic) bond motifs is 9. The van der Waals surface area contributed by atoms with E-state index in [1.54, 1.807) is 0 Å². The second kappa shape index (κ2) is 17.2. The zero-order valence-electron chi connectivity index (χ0n) is 33.7. The van der Waals surface area contributed by atoms with E-state index in [4.69, 9.17) is 47.4 Å². The number of carbonyl (C=O) groups excluding carboxylic acids is 1. The Bertz CT molecular complexity index is 1410. The van der Waals surface area contributed by atoms with Crippen molar-refractivity contribution in [3.05, 3.63) is 24.3 Å². The average Bonchev–Trinajstić information content (AvgIpc) is 3.42. The number of unbranched alkanes of at least 4 members (excludes halogenated alkanes) is 1. The van der Waals surface area contributed by atoms with Crippen molar-refractivity contribution >= 4 is 5.97 Å². The minimum atomic E-state index is -0.870. The van der Waals surface area contributed by atoms with Gasteiger partial charge in [0.25, 0.3) is 0 Å². The maximum atomic E-state index is 11.9. The fourth-order valence-electron chi connectivity index (χ4n) is 10.6. The van der Waals surface area contributed by atoms with Crippen LogP contribution < -0.4 is 0 Å². The lowest BCUT2D eigenvalue weighted by atomic mass is 9.86. The van der Waals surface area contributed by atoms with E-state index in [0.29, 0.717) is 45.1 Å². The summed E-state index contributed by atoms with van der Waals surface area (Å²) in [6, 6.07) is 0. The molecule has 13 nitrogen and oxygen atoms in total. The second-order valence-corrected chi connectivity index (χ2v) is 18.3. The average molecular weight is 791 g/mol. The van der Waals surface area contributed by atoms with E-state index in [-0.39, 0.29) is 85.6 Å². The van der Waals surface area contributed by atoms with E-state index >= 15 is 0 Å². The SMILES string of the molecule is C=C(CCCCC12CC(O)C(O1)C1C[C@@H](O2)C2OC(CC(=O)OC)CCC2O1)CCCC1CCC(=C)C(C[C@@H]2OC3CC4OC(C)(C)OCC4OC3CC2O)O1. The molecule has 0 spiro atoms. The summed E-state index contributed by atoms with van der Waals surface area (Å²) < 4.78 is 62.3. The van der Waals surface area contributed by atoms with E-state index in [9.17, 15) is 15.0 Å². The van der Waals surface area contributed by atoms with E-state index in [1.165, 1.54) is 12.7 Å². The fraction of sp³-hybridized carbons (Fsp3) is 0.884. The molecule has 0 aliphatic carbocycles. The van der Waals surface area contributed by atoms with Crippen molar-refractivity contribution in [2.24, 2.45) is 0 Å². The lowest BCUT2D eigenvalue weighted by molar-refractivity contribution is -0.349. The van der Waals surface area contributed by atoms with Crippen molar-refractivity contribution in [3.8, 4) is 0 Å². The topological polar surface area (TPSA) is 150 Å². The van der Waals surface area contributed by atoms with Crippen LogP contribution in [-0.2, 0) is 52.2 Å². The maximum absolute atomic E-state index is 11.9. The molecule has 0 amide bonds. The summed E-state index contributed by atoms with van der Waals surface area (Å²) >= 11 is 0. The highest BCUT2D eigenvalue weighted by molar-refractivity contribution is 5.69. The Labute approximate surface area is 332 Å². The van der Waals surface area contributed by atoms with Crippen LogP contribution in [-0.4, -0.2) is 133 Å². The zero-order valence-corrected chi connectivity index (χ0v) is 33.7. The first kappa shape index (κ1) is 41.3. The number of rotatable bonds is 13. The molecule has 8 fully saturated rings. The molecule has 0 saturated carbocycles. The van der Waals surface area contributed by atoms with Crippen LogP contribution in [0.3, 0.4) is 0 Å². The summed E-state index contributed by atoms with van der Waals surface area (Å²) in [4.78, 5) is 11.9. The third-order valence-corrected chi connectivity index (χ3v) is 13.6. The number of ether oxygens (including phenoxy) is 10. The van der Waals surface area contributed by atoms with Crippen LogP contribution in [0.5, 0.6) is 0 Å². The summed E-state index contributed by atoms with van der Waals surface area (Å²) in [7, 11) is 1.40. The Kier molecular flexibility index (Phi) is 12.7. The van der Waals surface area contributed by atoms with Gasteiger partial charge in [0, 0.05) is 38.5 Å². The Morgan fingerprint density at radius 1 is 0.786 bits per heavy atom. The van der Waals surface area contributed by atoms with Gasteiger partial charge in [0.2, 0.25) is 0 Å². The molecule has 4 bridgehead atoms. The molecule has 8 heterocycles. The Balaban J connectivity index is 0.755. The monoisotopic (exact) mass is 790 g/mol. The Hall–Kier alpha value is -1.49. The molecule has 2 N–H and O–H groups in total. The molecule has 0 aromatic heterocycles.